The molecular weight excluding hydrogens is 361 g/mol. The number of hydroxylamine groups is 1. The maximum absolute atomic E-state index is 14.4. The fraction of sp³-hybridized carbons (Fsp3) is 0.190. The van der Waals surface area contributed by atoms with E-state index in [2.05, 4.69) is 4.98 Å². The second kappa shape index (κ2) is 7.74. The van der Waals surface area contributed by atoms with E-state index in [1.165, 1.54) is 23.7 Å². The predicted octanol–water partition coefficient (Wildman–Crippen LogP) is 3.22. The lowest BCUT2D eigenvalue weighted by Crippen LogP contribution is -2.24. The summed E-state index contributed by atoms with van der Waals surface area (Å²) >= 11 is 0. The van der Waals surface area contributed by atoms with Crippen molar-refractivity contribution in [1.29, 1.82) is 0 Å². The number of carbonyl (C=O) groups is 1. The van der Waals surface area contributed by atoms with Crippen molar-refractivity contribution in [3.05, 3.63) is 75.1 Å². The van der Waals surface area contributed by atoms with Crippen LogP contribution in [0.15, 0.2) is 41.2 Å². The highest BCUT2D eigenvalue weighted by Crippen LogP contribution is 2.21. The van der Waals surface area contributed by atoms with Crippen LogP contribution < -0.4 is 11.0 Å². The van der Waals surface area contributed by atoms with E-state index in [9.17, 15) is 14.0 Å². The summed E-state index contributed by atoms with van der Waals surface area (Å²) in [5.41, 5.74) is 4.16. The Morgan fingerprint density at radius 3 is 2.68 bits per heavy atom. The smallest absolute Gasteiger partial charge is 0.267 e. The van der Waals surface area contributed by atoms with Gasteiger partial charge in [-0.3, -0.25) is 19.4 Å². The Hall–Kier alpha value is -3.32. The van der Waals surface area contributed by atoms with E-state index >= 15 is 0 Å². The van der Waals surface area contributed by atoms with Crippen molar-refractivity contribution in [2.24, 2.45) is 0 Å². The molecule has 144 valence electrons. The molecule has 0 saturated carbocycles. The van der Waals surface area contributed by atoms with Gasteiger partial charge >= 0.3 is 0 Å². The van der Waals surface area contributed by atoms with Crippen molar-refractivity contribution in [2.75, 3.05) is 0 Å². The first-order valence-corrected chi connectivity index (χ1v) is 8.80. The van der Waals surface area contributed by atoms with Crippen LogP contribution in [0, 0.1) is 19.7 Å². The lowest BCUT2D eigenvalue weighted by atomic mass is 10.1. The average molecular weight is 381 g/mol. The number of carbonyl (C=O) groups excluding carboxylic acids is 1. The summed E-state index contributed by atoms with van der Waals surface area (Å²) in [4.78, 5) is 28.9. The van der Waals surface area contributed by atoms with E-state index < -0.39 is 11.7 Å². The maximum Gasteiger partial charge on any atom is 0.267 e. The first-order chi connectivity index (χ1) is 13.3. The third-order valence-electron chi connectivity index (χ3n) is 4.49. The third kappa shape index (κ3) is 3.57. The minimum absolute atomic E-state index is 0.0476. The van der Waals surface area contributed by atoms with Crippen LogP contribution in [0.1, 0.15) is 29.4 Å². The molecule has 0 radical (unpaired) electrons. The molecule has 7 heteroatoms. The second-order valence-corrected chi connectivity index (χ2v) is 6.51. The lowest BCUT2D eigenvalue weighted by molar-refractivity contribution is -0.124. The molecule has 28 heavy (non-hydrogen) atoms. The van der Waals surface area contributed by atoms with Crippen LogP contribution in [-0.2, 0) is 11.2 Å². The van der Waals surface area contributed by atoms with Gasteiger partial charge in [-0.2, -0.15) is 0 Å². The molecule has 0 spiro atoms. The van der Waals surface area contributed by atoms with Crippen molar-refractivity contribution in [3.8, 4) is 5.69 Å². The van der Waals surface area contributed by atoms with Gasteiger partial charge in [0.25, 0.3) is 11.5 Å². The van der Waals surface area contributed by atoms with Gasteiger partial charge in [-0.1, -0.05) is 24.6 Å². The summed E-state index contributed by atoms with van der Waals surface area (Å²) in [6.07, 6.45) is 2.66. The summed E-state index contributed by atoms with van der Waals surface area (Å²) in [5, 5.41) is 8.79. The van der Waals surface area contributed by atoms with Gasteiger partial charge in [-0.25, -0.2) is 14.9 Å². The molecule has 0 aliphatic heterocycles. The van der Waals surface area contributed by atoms with E-state index in [4.69, 9.17) is 5.21 Å². The summed E-state index contributed by atoms with van der Waals surface area (Å²) in [6.45, 7) is 5.78. The Morgan fingerprint density at radius 2 is 2.04 bits per heavy atom. The van der Waals surface area contributed by atoms with Gasteiger partial charge in [0, 0.05) is 24.1 Å². The van der Waals surface area contributed by atoms with Crippen LogP contribution in [0.4, 0.5) is 4.39 Å². The van der Waals surface area contributed by atoms with E-state index in [0.29, 0.717) is 12.2 Å². The third-order valence-corrected chi connectivity index (χ3v) is 4.49. The minimum atomic E-state index is -0.799. The van der Waals surface area contributed by atoms with E-state index in [1.54, 1.807) is 4.57 Å². The van der Waals surface area contributed by atoms with Crippen molar-refractivity contribution < 1.29 is 14.4 Å². The largest absolute Gasteiger partial charge is 0.288 e. The molecule has 6 nitrogen and oxygen atoms in total. The molecule has 0 bridgehead atoms. The van der Waals surface area contributed by atoms with E-state index in [-0.39, 0.29) is 22.0 Å². The van der Waals surface area contributed by atoms with E-state index in [0.717, 1.165) is 22.9 Å². The number of fused-ring (bicyclic) bond motifs is 1. The summed E-state index contributed by atoms with van der Waals surface area (Å²) in [7, 11) is 0. The van der Waals surface area contributed by atoms with Crippen molar-refractivity contribution in [2.45, 2.75) is 27.2 Å². The monoisotopic (exact) mass is 381 g/mol. The number of nitrogens with one attached hydrogen (secondary N) is 1. The Balaban J connectivity index is 2.29. The molecule has 3 aromatic rings. The SMILES string of the molecule is CCc1nc2cc(F)c(/C=C/C(=O)NO)cc2c(=O)n1-c1ccc(C)cc1C. The quantitative estimate of drug-likeness (QED) is 0.413. The second-order valence-electron chi connectivity index (χ2n) is 6.51. The van der Waals surface area contributed by atoms with Crippen LogP contribution in [0.25, 0.3) is 22.7 Å². The fourth-order valence-electron chi connectivity index (χ4n) is 3.14. The number of benzene rings is 2. The zero-order valence-corrected chi connectivity index (χ0v) is 15.8. The first-order valence-electron chi connectivity index (χ1n) is 8.80. The number of aryl methyl sites for hydroxylation is 3. The predicted molar refractivity (Wildman–Crippen MR) is 105 cm³/mol. The molecular formula is C21H20FN3O3. The fourth-order valence-corrected chi connectivity index (χ4v) is 3.14. The number of halogens is 1. The maximum atomic E-state index is 14.4. The minimum Gasteiger partial charge on any atom is -0.288 e. The molecule has 2 aromatic carbocycles. The van der Waals surface area contributed by atoms with Crippen LogP contribution >= 0.6 is 0 Å². The molecule has 0 aliphatic rings. The molecule has 1 aromatic heterocycles. The highest BCUT2D eigenvalue weighted by atomic mass is 19.1. The lowest BCUT2D eigenvalue weighted by Gasteiger charge is -2.15. The van der Waals surface area contributed by atoms with Gasteiger partial charge < -0.3 is 0 Å². The molecule has 1 amide bonds. The normalized spacial score (nSPS) is 11.3. The highest BCUT2D eigenvalue weighted by Gasteiger charge is 2.15. The molecule has 2 N–H and O–H groups in total. The summed E-state index contributed by atoms with van der Waals surface area (Å²) in [5.74, 6) is -0.883. The number of amides is 1. The Labute approximate surface area is 160 Å². The Kier molecular flexibility index (Phi) is 5.37. The molecule has 1 heterocycles. The molecule has 3 rings (SSSR count). The molecule has 0 fully saturated rings. The summed E-state index contributed by atoms with van der Waals surface area (Å²) < 4.78 is 15.9. The number of aromatic nitrogens is 2. The number of nitrogens with zero attached hydrogens (tertiary/aromatic N) is 2. The van der Waals surface area contributed by atoms with Gasteiger partial charge in [0.2, 0.25) is 0 Å². The van der Waals surface area contributed by atoms with Gasteiger partial charge in [-0.15, -0.1) is 0 Å². The van der Waals surface area contributed by atoms with Crippen LogP contribution in [0.5, 0.6) is 0 Å². The van der Waals surface area contributed by atoms with Crippen LogP contribution in [-0.4, -0.2) is 20.7 Å². The first kappa shape index (κ1) is 19.4. The van der Waals surface area contributed by atoms with Gasteiger partial charge in [0.1, 0.15) is 11.6 Å². The van der Waals surface area contributed by atoms with Crippen LogP contribution in [0.3, 0.4) is 0 Å². The van der Waals surface area contributed by atoms with Gasteiger partial charge in [0.05, 0.1) is 16.6 Å². The molecule has 0 atom stereocenters. The van der Waals surface area contributed by atoms with Crippen LogP contribution in [0.2, 0.25) is 0 Å². The Morgan fingerprint density at radius 1 is 1.29 bits per heavy atom. The molecule has 0 saturated heterocycles. The summed E-state index contributed by atoms with van der Waals surface area (Å²) in [6, 6.07) is 8.32. The number of hydrogen-bond donors (Lipinski definition) is 2. The van der Waals surface area contributed by atoms with Crippen molar-refractivity contribution in [3.63, 3.8) is 0 Å². The average Bonchev–Trinajstić information content (AvgIpc) is 2.67. The zero-order valence-electron chi connectivity index (χ0n) is 15.8. The van der Waals surface area contributed by atoms with Gasteiger partial charge in [0.15, 0.2) is 0 Å². The standard InChI is InChI=1S/C21H20FN3O3/c1-4-19-23-17-11-16(22)14(6-8-20(26)24-28)10-15(17)21(27)25(19)18-7-5-12(2)9-13(18)3/h5-11,28H,4H2,1-3H3,(H,24,26)/b8-6+. The Bertz CT molecular complexity index is 1170. The van der Waals surface area contributed by atoms with E-state index in [1.807, 2.05) is 39.0 Å². The molecule has 0 aliphatic carbocycles. The zero-order chi connectivity index (χ0) is 20.4. The van der Waals surface area contributed by atoms with Crippen molar-refractivity contribution >= 4 is 22.9 Å². The van der Waals surface area contributed by atoms with Gasteiger partial charge in [-0.05, 0) is 37.6 Å². The van der Waals surface area contributed by atoms with Crippen molar-refractivity contribution in [1.82, 2.24) is 15.0 Å². The number of rotatable bonds is 4. The topological polar surface area (TPSA) is 84.2 Å². The number of hydrogen-bond acceptors (Lipinski definition) is 4. The highest BCUT2D eigenvalue weighted by molar-refractivity contribution is 5.91. The molecule has 0 unspecified atom stereocenters.